The molecule has 0 fully saturated rings. The van der Waals surface area contributed by atoms with Crippen LogP contribution in [0.4, 0.5) is 0 Å². The Morgan fingerprint density at radius 2 is 1.25 bits per heavy atom. The van der Waals surface area contributed by atoms with Crippen LogP contribution < -0.4 is 4.18 Å². The lowest BCUT2D eigenvalue weighted by Crippen LogP contribution is -2.10. The molecule has 3 aromatic rings. The Morgan fingerprint density at radius 1 is 0.656 bits per heavy atom. The summed E-state index contributed by atoms with van der Waals surface area (Å²) in [6.45, 7) is 2.26. The fraction of sp³-hybridized carbons (Fsp3) is 0.429. The summed E-state index contributed by atoms with van der Waals surface area (Å²) in [6.07, 6.45) is 14.2. The predicted molar refractivity (Wildman–Crippen MR) is 134 cm³/mol. The number of hydrogen-bond acceptors (Lipinski definition) is 3. The van der Waals surface area contributed by atoms with Crippen LogP contribution in [0.5, 0.6) is 5.75 Å². The molecule has 0 amide bonds. The molecule has 0 aliphatic rings. The van der Waals surface area contributed by atoms with Gasteiger partial charge in [0.1, 0.15) is 4.90 Å². The van der Waals surface area contributed by atoms with Gasteiger partial charge >= 0.3 is 10.1 Å². The van der Waals surface area contributed by atoms with Crippen molar-refractivity contribution in [3.63, 3.8) is 0 Å². The van der Waals surface area contributed by atoms with Crippen molar-refractivity contribution in [1.29, 1.82) is 0 Å². The van der Waals surface area contributed by atoms with Crippen molar-refractivity contribution in [2.75, 3.05) is 0 Å². The minimum atomic E-state index is -3.87. The molecule has 3 nitrogen and oxygen atoms in total. The minimum absolute atomic E-state index is 0.192. The zero-order valence-electron chi connectivity index (χ0n) is 19.3. The maximum atomic E-state index is 12.8. The monoisotopic (exact) mass is 452 g/mol. The Bertz CT molecular complexity index is 1050. The smallest absolute Gasteiger partial charge is 0.339 e. The normalized spacial score (nSPS) is 11.7. The zero-order chi connectivity index (χ0) is 22.7. The van der Waals surface area contributed by atoms with Gasteiger partial charge in [0, 0.05) is 5.39 Å². The van der Waals surface area contributed by atoms with Crippen LogP contribution in [-0.2, 0) is 16.5 Å². The van der Waals surface area contributed by atoms with Gasteiger partial charge in [0.25, 0.3) is 0 Å². The molecule has 4 heteroatoms. The van der Waals surface area contributed by atoms with E-state index in [1.165, 1.54) is 63.4 Å². The fourth-order valence-electron chi connectivity index (χ4n) is 4.07. The Labute approximate surface area is 193 Å². The SMILES string of the molecule is CCCCCCCCCCCCc1ccc(S(=O)(=O)Oc2cccc3ccccc23)cc1. The van der Waals surface area contributed by atoms with Gasteiger partial charge in [0.05, 0.1) is 0 Å². The number of aryl methyl sites for hydroxylation is 1. The number of unbranched alkanes of at least 4 members (excludes halogenated alkanes) is 9. The highest BCUT2D eigenvalue weighted by Crippen LogP contribution is 2.28. The van der Waals surface area contributed by atoms with E-state index in [2.05, 4.69) is 6.92 Å². The lowest BCUT2D eigenvalue weighted by molar-refractivity contribution is 0.488. The molecule has 0 aliphatic heterocycles. The largest absolute Gasteiger partial charge is 0.378 e. The topological polar surface area (TPSA) is 43.4 Å². The fourth-order valence-corrected chi connectivity index (χ4v) is 5.02. The van der Waals surface area contributed by atoms with Crippen molar-refractivity contribution < 1.29 is 12.6 Å². The summed E-state index contributed by atoms with van der Waals surface area (Å²) in [5.74, 6) is 0.359. The van der Waals surface area contributed by atoms with E-state index in [4.69, 9.17) is 4.18 Å². The molecular formula is C28H36O3S. The average molecular weight is 453 g/mol. The van der Waals surface area contributed by atoms with E-state index >= 15 is 0 Å². The molecule has 3 rings (SSSR count). The van der Waals surface area contributed by atoms with Gasteiger partial charge in [0.15, 0.2) is 5.75 Å². The van der Waals surface area contributed by atoms with E-state index in [0.29, 0.717) is 5.75 Å². The van der Waals surface area contributed by atoms with Crippen LogP contribution in [0.3, 0.4) is 0 Å². The van der Waals surface area contributed by atoms with Crippen molar-refractivity contribution in [3.8, 4) is 5.75 Å². The third kappa shape index (κ3) is 7.37. The number of rotatable bonds is 14. The summed E-state index contributed by atoms with van der Waals surface area (Å²) in [7, 11) is -3.87. The van der Waals surface area contributed by atoms with E-state index in [9.17, 15) is 8.42 Å². The molecule has 0 atom stereocenters. The molecule has 3 aromatic carbocycles. The molecule has 0 saturated carbocycles. The standard InChI is InChI=1S/C28H36O3S/c1-2-3-4-5-6-7-8-9-10-11-15-24-20-22-26(23-21-24)32(29,30)31-28-19-14-17-25-16-12-13-18-27(25)28/h12-14,16-23H,2-11,15H2,1H3. The summed E-state index contributed by atoms with van der Waals surface area (Å²) >= 11 is 0. The van der Waals surface area contributed by atoms with Crippen LogP contribution in [0.2, 0.25) is 0 Å². The van der Waals surface area contributed by atoms with E-state index in [1.54, 1.807) is 18.2 Å². The summed E-state index contributed by atoms with van der Waals surface area (Å²) in [6, 6.07) is 20.2. The molecule has 0 saturated heterocycles. The second kappa shape index (κ2) is 12.6. The molecule has 0 radical (unpaired) electrons. The van der Waals surface area contributed by atoms with Gasteiger partial charge in [-0.1, -0.05) is 113 Å². The first kappa shape index (κ1) is 24.3. The van der Waals surface area contributed by atoms with E-state index in [1.807, 2.05) is 48.5 Å². The third-order valence-corrected chi connectivity index (χ3v) is 7.23. The van der Waals surface area contributed by atoms with Crippen LogP contribution in [-0.4, -0.2) is 8.42 Å². The molecule has 0 unspecified atom stereocenters. The van der Waals surface area contributed by atoms with E-state index in [0.717, 1.165) is 23.6 Å². The Kier molecular flexibility index (Phi) is 9.61. The molecule has 32 heavy (non-hydrogen) atoms. The summed E-state index contributed by atoms with van der Waals surface area (Å²) in [5, 5.41) is 1.74. The summed E-state index contributed by atoms with van der Waals surface area (Å²) < 4.78 is 31.0. The third-order valence-electron chi connectivity index (χ3n) is 5.98. The maximum Gasteiger partial charge on any atom is 0.339 e. The van der Waals surface area contributed by atoms with Crippen LogP contribution in [0, 0.1) is 0 Å². The molecule has 172 valence electrons. The molecular weight excluding hydrogens is 416 g/mol. The summed E-state index contributed by atoms with van der Waals surface area (Å²) in [5.41, 5.74) is 1.17. The lowest BCUT2D eigenvalue weighted by Gasteiger charge is -2.10. The summed E-state index contributed by atoms with van der Waals surface area (Å²) in [4.78, 5) is 0.192. The Morgan fingerprint density at radius 3 is 1.94 bits per heavy atom. The maximum absolute atomic E-state index is 12.8. The highest BCUT2D eigenvalue weighted by atomic mass is 32.2. The first-order chi connectivity index (χ1) is 15.6. The highest BCUT2D eigenvalue weighted by Gasteiger charge is 2.17. The second-order valence-electron chi connectivity index (χ2n) is 8.59. The van der Waals surface area contributed by atoms with Gasteiger partial charge in [-0.3, -0.25) is 0 Å². The molecule has 0 aromatic heterocycles. The van der Waals surface area contributed by atoms with Gasteiger partial charge < -0.3 is 4.18 Å². The quantitative estimate of drug-likeness (QED) is 0.183. The van der Waals surface area contributed by atoms with Crippen LogP contribution >= 0.6 is 0 Å². The highest BCUT2D eigenvalue weighted by molar-refractivity contribution is 7.87. The van der Waals surface area contributed by atoms with Gasteiger partial charge in [-0.15, -0.1) is 0 Å². The lowest BCUT2D eigenvalue weighted by atomic mass is 10.0. The van der Waals surface area contributed by atoms with Gasteiger partial charge in [0.2, 0.25) is 0 Å². The van der Waals surface area contributed by atoms with Crippen molar-refractivity contribution in [2.45, 2.75) is 82.4 Å². The van der Waals surface area contributed by atoms with Crippen molar-refractivity contribution in [3.05, 3.63) is 72.3 Å². The molecule has 0 heterocycles. The molecule has 0 spiro atoms. The average Bonchev–Trinajstić information content (AvgIpc) is 2.81. The predicted octanol–water partition coefficient (Wildman–Crippen LogP) is 8.07. The van der Waals surface area contributed by atoms with E-state index < -0.39 is 10.1 Å². The van der Waals surface area contributed by atoms with Gasteiger partial charge in [-0.2, -0.15) is 8.42 Å². The Hall–Kier alpha value is -2.33. The molecule has 0 N–H and O–H groups in total. The number of benzene rings is 3. The van der Waals surface area contributed by atoms with Gasteiger partial charge in [-0.05, 0) is 42.0 Å². The molecule has 0 bridgehead atoms. The van der Waals surface area contributed by atoms with E-state index in [-0.39, 0.29) is 4.90 Å². The number of fused-ring (bicyclic) bond motifs is 1. The van der Waals surface area contributed by atoms with Gasteiger partial charge in [-0.25, -0.2) is 0 Å². The number of hydrogen-bond donors (Lipinski definition) is 0. The zero-order valence-corrected chi connectivity index (χ0v) is 20.1. The van der Waals surface area contributed by atoms with Crippen LogP contribution in [0.1, 0.15) is 76.7 Å². The van der Waals surface area contributed by atoms with Crippen molar-refractivity contribution in [2.24, 2.45) is 0 Å². The first-order valence-electron chi connectivity index (χ1n) is 12.1. The first-order valence-corrected chi connectivity index (χ1v) is 13.5. The van der Waals surface area contributed by atoms with Crippen LogP contribution in [0.25, 0.3) is 10.8 Å². The van der Waals surface area contributed by atoms with Crippen molar-refractivity contribution >= 4 is 20.9 Å². The van der Waals surface area contributed by atoms with Crippen LogP contribution in [0.15, 0.2) is 71.6 Å². The van der Waals surface area contributed by atoms with Crippen molar-refractivity contribution in [1.82, 2.24) is 0 Å². The Balaban J connectivity index is 1.44. The molecule has 0 aliphatic carbocycles. The minimum Gasteiger partial charge on any atom is -0.378 e. The second-order valence-corrected chi connectivity index (χ2v) is 10.1.